The van der Waals surface area contributed by atoms with Gasteiger partial charge >= 0.3 is 0 Å². The zero-order valence-electron chi connectivity index (χ0n) is 25.2. The van der Waals surface area contributed by atoms with Crippen LogP contribution < -0.4 is 14.5 Å². The molecule has 0 bridgehead atoms. The number of phenolic OH excluding ortho intramolecular Hbond substituents is 1. The molecule has 248 valence electrons. The van der Waals surface area contributed by atoms with E-state index >= 15 is 0 Å². The fourth-order valence-corrected chi connectivity index (χ4v) is 9.16. The smallest absolute Gasteiger partial charge is 0.271 e. The molecule has 11 nitrogen and oxygen atoms in total. The molecule has 0 radical (unpaired) electrons. The van der Waals surface area contributed by atoms with Gasteiger partial charge in [-0.3, -0.25) is 29.3 Å². The van der Waals surface area contributed by atoms with Crippen molar-refractivity contribution >= 4 is 63.9 Å². The minimum absolute atomic E-state index is 0.0250. The third-order valence-corrected chi connectivity index (χ3v) is 11.8. The van der Waals surface area contributed by atoms with Gasteiger partial charge in [-0.1, -0.05) is 17.7 Å². The van der Waals surface area contributed by atoms with E-state index in [1.807, 2.05) is 0 Å². The zero-order chi connectivity index (χ0) is 34.6. The van der Waals surface area contributed by atoms with Crippen molar-refractivity contribution in [2.24, 2.45) is 23.7 Å². The number of halogens is 3. The third kappa shape index (κ3) is 4.26. The number of ether oxygens (including phenoxy) is 1. The Morgan fingerprint density at radius 3 is 2.41 bits per heavy atom. The van der Waals surface area contributed by atoms with E-state index in [0.29, 0.717) is 22.5 Å². The van der Waals surface area contributed by atoms with Gasteiger partial charge in [-0.15, -0.1) is 23.2 Å². The number of phenols is 1. The van der Waals surface area contributed by atoms with Gasteiger partial charge in [-0.2, -0.15) is 0 Å². The third-order valence-electron chi connectivity index (χ3n) is 10.3. The molecule has 3 aliphatic heterocycles. The van der Waals surface area contributed by atoms with Crippen LogP contribution in [0.4, 0.5) is 21.5 Å². The number of anilines is 2. The Morgan fingerprint density at radius 2 is 1.67 bits per heavy atom. The second-order valence-corrected chi connectivity index (χ2v) is 14.1. The summed E-state index contributed by atoms with van der Waals surface area (Å²) in [6.07, 6.45) is 3.11. The number of amides is 4. The maximum absolute atomic E-state index is 14.5. The topological polar surface area (TPSA) is 147 Å². The Balaban J connectivity index is 1.27. The van der Waals surface area contributed by atoms with Gasteiger partial charge in [-0.25, -0.2) is 14.2 Å². The van der Waals surface area contributed by atoms with Crippen LogP contribution in [0.1, 0.15) is 18.4 Å². The number of benzene rings is 3. The lowest BCUT2D eigenvalue weighted by atomic mass is 9.56. The van der Waals surface area contributed by atoms with Crippen LogP contribution in [0.25, 0.3) is 0 Å². The Kier molecular flexibility index (Phi) is 6.83. The number of hydrogen-bond donors (Lipinski definition) is 1. The molecular formula is C35H24Cl2FN3O8. The molecule has 8 rings (SSSR count). The molecule has 5 aliphatic rings. The number of carbonyl (C=O) groups excluding carboxylic acids is 4. The fourth-order valence-electron chi connectivity index (χ4n) is 8.21. The molecule has 49 heavy (non-hydrogen) atoms. The summed E-state index contributed by atoms with van der Waals surface area (Å²) in [7, 11) is 0. The van der Waals surface area contributed by atoms with Gasteiger partial charge in [0.2, 0.25) is 11.8 Å². The average molecular weight is 704 g/mol. The first kappa shape index (κ1) is 31.2. The number of hydrogen-bond acceptors (Lipinski definition) is 8. The number of carbonyl (C=O) groups is 4. The van der Waals surface area contributed by atoms with Crippen molar-refractivity contribution in [1.29, 1.82) is 0 Å². The van der Waals surface area contributed by atoms with E-state index in [0.717, 1.165) is 28.0 Å². The van der Waals surface area contributed by atoms with Crippen LogP contribution in [-0.4, -0.2) is 43.4 Å². The largest absolute Gasteiger partial charge is 0.508 e. The van der Waals surface area contributed by atoms with Gasteiger partial charge in [0.25, 0.3) is 17.5 Å². The number of aromatic hydroxyl groups is 1. The maximum Gasteiger partial charge on any atom is 0.271 e. The second kappa shape index (κ2) is 10.7. The SMILES string of the molecule is O=C1C2CC=C3C(CC4(Cl)C(=O)N(c5ccc(F)cc5)C(=O)C4(Cl)C3C3=COc4ccc(O)cc4C3)C2C(=O)N1c1cccc([N+](=O)[O-])c1. The fraction of sp³-hybridized carbons (Fsp3) is 0.257. The highest BCUT2D eigenvalue weighted by molar-refractivity contribution is 6.58. The van der Waals surface area contributed by atoms with Gasteiger partial charge < -0.3 is 9.84 Å². The van der Waals surface area contributed by atoms with Crippen molar-refractivity contribution in [3.8, 4) is 11.5 Å². The van der Waals surface area contributed by atoms with Crippen LogP contribution >= 0.6 is 23.2 Å². The molecule has 1 saturated carbocycles. The van der Waals surface area contributed by atoms with Crippen LogP contribution in [0.2, 0.25) is 0 Å². The van der Waals surface area contributed by atoms with Crippen molar-refractivity contribution in [2.45, 2.75) is 29.0 Å². The van der Waals surface area contributed by atoms with Gasteiger partial charge in [0.1, 0.15) is 17.3 Å². The monoisotopic (exact) mass is 703 g/mol. The van der Waals surface area contributed by atoms with Crippen LogP contribution in [0, 0.1) is 39.6 Å². The lowest BCUT2D eigenvalue weighted by Gasteiger charge is -2.51. The summed E-state index contributed by atoms with van der Waals surface area (Å²) >= 11 is 14.8. The molecule has 0 aromatic heterocycles. The number of rotatable bonds is 4. The van der Waals surface area contributed by atoms with E-state index < -0.39 is 67.8 Å². The summed E-state index contributed by atoms with van der Waals surface area (Å²) in [6, 6.07) is 14.5. The molecule has 3 aromatic carbocycles. The number of fused-ring (bicyclic) bond motifs is 5. The molecule has 6 atom stereocenters. The molecule has 3 heterocycles. The summed E-state index contributed by atoms with van der Waals surface area (Å²) in [5.41, 5.74) is 1.33. The summed E-state index contributed by atoms with van der Waals surface area (Å²) in [5.74, 6) is -6.93. The number of nitro benzene ring substituents is 1. The first-order valence-corrected chi connectivity index (χ1v) is 16.1. The first-order valence-electron chi connectivity index (χ1n) is 15.4. The highest BCUT2D eigenvalue weighted by Crippen LogP contribution is 2.65. The number of imide groups is 2. The Bertz CT molecular complexity index is 2100. The second-order valence-electron chi connectivity index (χ2n) is 12.8. The Morgan fingerprint density at radius 1 is 0.918 bits per heavy atom. The minimum atomic E-state index is -2.15. The Labute approximate surface area is 287 Å². The Hall–Kier alpha value is -5.07. The number of alkyl halides is 2. The number of nitrogens with zero attached hydrogens (tertiary/aromatic N) is 3. The van der Waals surface area contributed by atoms with Gasteiger partial charge in [0.15, 0.2) is 9.75 Å². The summed E-state index contributed by atoms with van der Waals surface area (Å²) in [4.78, 5) is 65.4. The lowest BCUT2D eigenvalue weighted by molar-refractivity contribution is -0.384. The zero-order valence-corrected chi connectivity index (χ0v) is 26.7. The molecule has 3 aromatic rings. The molecule has 2 aliphatic carbocycles. The van der Waals surface area contributed by atoms with Gasteiger partial charge in [0, 0.05) is 30.0 Å². The van der Waals surface area contributed by atoms with E-state index in [4.69, 9.17) is 27.9 Å². The lowest BCUT2D eigenvalue weighted by Crippen LogP contribution is -2.61. The minimum Gasteiger partial charge on any atom is -0.508 e. The van der Waals surface area contributed by atoms with E-state index in [9.17, 15) is 38.8 Å². The van der Waals surface area contributed by atoms with Crippen molar-refractivity contribution < 1.29 is 38.3 Å². The summed E-state index contributed by atoms with van der Waals surface area (Å²) < 4.78 is 19.8. The molecule has 4 amide bonds. The van der Waals surface area contributed by atoms with Crippen LogP contribution in [-0.2, 0) is 25.6 Å². The van der Waals surface area contributed by atoms with Crippen molar-refractivity contribution in [1.82, 2.24) is 0 Å². The van der Waals surface area contributed by atoms with Crippen LogP contribution in [0.5, 0.6) is 11.5 Å². The van der Waals surface area contributed by atoms with E-state index in [1.165, 1.54) is 48.7 Å². The van der Waals surface area contributed by atoms with Crippen molar-refractivity contribution in [3.63, 3.8) is 0 Å². The molecule has 6 unspecified atom stereocenters. The normalized spacial score (nSPS) is 30.2. The molecule has 1 N–H and O–H groups in total. The molecule has 14 heteroatoms. The van der Waals surface area contributed by atoms with Crippen molar-refractivity contribution in [2.75, 3.05) is 9.80 Å². The van der Waals surface area contributed by atoms with E-state index in [2.05, 4.69) is 0 Å². The predicted octanol–water partition coefficient (Wildman–Crippen LogP) is 5.56. The highest BCUT2D eigenvalue weighted by Gasteiger charge is 2.77. The quantitative estimate of drug-likeness (QED) is 0.122. The highest BCUT2D eigenvalue weighted by atomic mass is 35.5. The summed E-state index contributed by atoms with van der Waals surface area (Å²) in [6.45, 7) is 0. The number of non-ortho nitro benzene ring substituents is 1. The predicted molar refractivity (Wildman–Crippen MR) is 173 cm³/mol. The summed E-state index contributed by atoms with van der Waals surface area (Å²) in [5, 5.41) is 21.7. The van der Waals surface area contributed by atoms with E-state index in [1.54, 1.807) is 12.1 Å². The molecule has 0 spiro atoms. The van der Waals surface area contributed by atoms with Gasteiger partial charge in [0.05, 0.1) is 34.4 Å². The number of allylic oxidation sites excluding steroid dienone is 3. The standard InChI is InChI=1S/C35H24Cl2FN3O8/c36-34-15-26-24(9-10-25-28(26)31(44)39(30(25)43)21-2-1-3-22(14-21)41(47)48)29(18-12-17-13-23(42)8-11-27(17)49-16-18)35(34,37)33(46)40(32(34)45)20-6-4-19(38)5-7-20/h1-9,11,13-14,16,25-26,28-29,42H,10,12,15H2. The first-order chi connectivity index (χ1) is 23.3. The van der Waals surface area contributed by atoms with Crippen molar-refractivity contribution in [3.05, 3.63) is 112 Å². The van der Waals surface area contributed by atoms with Gasteiger partial charge in [-0.05, 0) is 72.9 Å². The van der Waals surface area contributed by atoms with Crippen LogP contribution in [0.15, 0.2) is 90.2 Å². The number of nitro groups is 1. The van der Waals surface area contributed by atoms with E-state index in [-0.39, 0.29) is 42.1 Å². The average Bonchev–Trinajstić information content (AvgIpc) is 3.42. The molecular weight excluding hydrogens is 680 g/mol. The molecule has 2 saturated heterocycles. The molecule has 3 fully saturated rings. The maximum atomic E-state index is 14.5. The van der Waals surface area contributed by atoms with Crippen LogP contribution in [0.3, 0.4) is 0 Å².